The Morgan fingerprint density at radius 1 is 1.02 bits per heavy atom. The van der Waals surface area contributed by atoms with Gasteiger partial charge in [-0.1, -0.05) is 18.1 Å². The van der Waals surface area contributed by atoms with E-state index in [1.165, 1.54) is 0 Å². The number of fused-ring (bicyclic) bond motifs is 2. The van der Waals surface area contributed by atoms with E-state index in [1.54, 1.807) is 12.0 Å². The number of piperazine rings is 1. The molecule has 2 atom stereocenters. The molecule has 3 aliphatic heterocycles. The molecule has 3 fully saturated rings. The van der Waals surface area contributed by atoms with Gasteiger partial charge in [0.05, 0.1) is 11.4 Å². The van der Waals surface area contributed by atoms with Crippen molar-refractivity contribution >= 4 is 23.3 Å². The van der Waals surface area contributed by atoms with E-state index in [4.69, 9.17) is 19.9 Å². The molecule has 6 rings (SSSR count). The maximum Gasteiger partial charge on any atom is 0.410 e. The summed E-state index contributed by atoms with van der Waals surface area (Å²) >= 11 is 0. The SMILES string of the molecule is COCOc1ccccc1-c1cc(N2CC3CCC(C2)N3c2ccnc(C#CC3CCN(C(=O)OC(C)(C)C)CC3)c2)c(N)nn1. The minimum Gasteiger partial charge on any atom is -0.467 e. The van der Waals surface area contributed by atoms with Gasteiger partial charge in [0, 0.05) is 68.7 Å². The fraction of sp³-hybridized carbons (Fsp3) is 0.486. The molecule has 2 unspecified atom stereocenters. The highest BCUT2D eigenvalue weighted by Crippen LogP contribution is 2.39. The number of nitrogens with zero attached hydrogens (tertiary/aromatic N) is 6. The molecule has 2 N–H and O–H groups in total. The molecular formula is C35H43N7O4. The van der Waals surface area contributed by atoms with E-state index >= 15 is 0 Å². The van der Waals surface area contributed by atoms with Crippen molar-refractivity contribution in [3.8, 4) is 28.8 Å². The van der Waals surface area contributed by atoms with E-state index in [2.05, 4.69) is 49.0 Å². The zero-order valence-corrected chi connectivity index (χ0v) is 27.1. The van der Waals surface area contributed by atoms with Gasteiger partial charge in [0.15, 0.2) is 12.6 Å². The number of pyridine rings is 1. The van der Waals surface area contributed by atoms with Crippen LogP contribution >= 0.6 is 0 Å². The lowest BCUT2D eigenvalue weighted by molar-refractivity contribution is 0.0199. The Balaban J connectivity index is 1.12. The van der Waals surface area contributed by atoms with Gasteiger partial charge in [-0.15, -0.1) is 10.2 Å². The summed E-state index contributed by atoms with van der Waals surface area (Å²) in [6.45, 7) is 8.78. The van der Waals surface area contributed by atoms with Crippen molar-refractivity contribution in [3.63, 3.8) is 0 Å². The van der Waals surface area contributed by atoms with E-state index in [9.17, 15) is 4.79 Å². The molecule has 3 saturated heterocycles. The first kappa shape index (κ1) is 31.4. The highest BCUT2D eigenvalue weighted by Gasteiger charge is 2.41. The highest BCUT2D eigenvalue weighted by molar-refractivity contribution is 5.75. The Hall–Kier alpha value is -4.56. The number of benzene rings is 1. The average molecular weight is 626 g/mol. The van der Waals surface area contributed by atoms with Gasteiger partial charge in [-0.25, -0.2) is 9.78 Å². The molecule has 0 saturated carbocycles. The zero-order valence-electron chi connectivity index (χ0n) is 27.1. The summed E-state index contributed by atoms with van der Waals surface area (Å²) in [5.41, 5.74) is 10.3. The van der Waals surface area contributed by atoms with Crippen molar-refractivity contribution in [1.29, 1.82) is 0 Å². The van der Waals surface area contributed by atoms with Gasteiger partial charge in [-0.05, 0) is 82.7 Å². The molecule has 3 aromatic rings. The number of rotatable bonds is 6. The second kappa shape index (κ2) is 13.4. The predicted molar refractivity (Wildman–Crippen MR) is 178 cm³/mol. The maximum atomic E-state index is 12.4. The minimum atomic E-state index is -0.490. The molecule has 0 spiro atoms. The van der Waals surface area contributed by atoms with Gasteiger partial charge in [0.25, 0.3) is 0 Å². The first-order valence-electron chi connectivity index (χ1n) is 16.0. The molecule has 3 aliphatic rings. The van der Waals surface area contributed by atoms with Crippen LogP contribution in [-0.4, -0.2) is 83.9 Å². The minimum absolute atomic E-state index is 0.148. The average Bonchev–Trinajstić information content (AvgIpc) is 3.31. The number of carbonyl (C=O) groups is 1. The Morgan fingerprint density at radius 3 is 2.48 bits per heavy atom. The van der Waals surface area contributed by atoms with Crippen molar-refractivity contribution in [2.45, 2.75) is 64.1 Å². The third-order valence-electron chi connectivity index (χ3n) is 8.71. The van der Waals surface area contributed by atoms with Crippen LogP contribution in [0.4, 0.5) is 22.0 Å². The van der Waals surface area contributed by atoms with Crippen LogP contribution in [0.25, 0.3) is 11.3 Å². The van der Waals surface area contributed by atoms with Crippen molar-refractivity contribution in [1.82, 2.24) is 20.1 Å². The molecule has 46 heavy (non-hydrogen) atoms. The van der Waals surface area contributed by atoms with Gasteiger partial charge in [0.2, 0.25) is 0 Å². The molecular weight excluding hydrogens is 582 g/mol. The third kappa shape index (κ3) is 7.12. The summed E-state index contributed by atoms with van der Waals surface area (Å²) in [6, 6.07) is 14.6. The molecule has 11 heteroatoms. The molecule has 11 nitrogen and oxygen atoms in total. The Labute approximate surface area is 271 Å². The lowest BCUT2D eigenvalue weighted by Gasteiger charge is -2.43. The number of carbonyl (C=O) groups excluding carboxylic acids is 1. The summed E-state index contributed by atoms with van der Waals surface area (Å²) < 4.78 is 16.4. The summed E-state index contributed by atoms with van der Waals surface area (Å²) in [4.78, 5) is 23.6. The number of ether oxygens (including phenoxy) is 3. The van der Waals surface area contributed by atoms with E-state index < -0.39 is 5.60 Å². The molecule has 2 bridgehead atoms. The van der Waals surface area contributed by atoms with Crippen LogP contribution in [0, 0.1) is 17.8 Å². The van der Waals surface area contributed by atoms with Gasteiger partial charge >= 0.3 is 6.09 Å². The molecule has 0 radical (unpaired) electrons. The quantitative estimate of drug-likeness (QED) is 0.297. The Morgan fingerprint density at radius 2 is 1.76 bits per heavy atom. The van der Waals surface area contributed by atoms with Crippen LogP contribution in [0.3, 0.4) is 0 Å². The van der Waals surface area contributed by atoms with Crippen LogP contribution in [0.1, 0.15) is 52.1 Å². The van der Waals surface area contributed by atoms with Crippen molar-refractivity contribution in [2.24, 2.45) is 5.92 Å². The topological polar surface area (TPSA) is 119 Å². The van der Waals surface area contributed by atoms with Crippen LogP contribution in [-0.2, 0) is 9.47 Å². The number of amides is 1. The van der Waals surface area contributed by atoms with Crippen molar-refractivity contribution in [3.05, 3.63) is 54.4 Å². The zero-order chi connectivity index (χ0) is 32.3. The summed E-state index contributed by atoms with van der Waals surface area (Å²) in [7, 11) is 1.60. The van der Waals surface area contributed by atoms with E-state index in [-0.39, 0.29) is 18.8 Å². The standard InChI is InChI=1S/C35H43N7O4/c1-35(2,3)46-34(43)40-17-14-24(15-18-40)9-10-25-19-26(13-16-37-25)42-27-11-12-28(42)22-41(21-27)31-20-30(38-39-33(31)36)29-7-5-6-8-32(29)45-23-44-4/h5-8,13,16,19-20,24,27-28H,11-12,14-15,17-18,21-23H2,1-4H3,(H2,36,39). The number of nitrogens with two attached hydrogens (primary N) is 1. The molecule has 1 amide bonds. The predicted octanol–water partition coefficient (Wildman–Crippen LogP) is 4.96. The lowest BCUT2D eigenvalue weighted by atomic mass is 9.97. The number of hydrogen-bond acceptors (Lipinski definition) is 10. The summed E-state index contributed by atoms with van der Waals surface area (Å²) in [5, 5.41) is 8.73. The van der Waals surface area contributed by atoms with Crippen molar-refractivity contribution in [2.75, 3.05) is 55.6 Å². The molecule has 0 aliphatic carbocycles. The number of likely N-dealkylation sites (tertiary alicyclic amines) is 1. The fourth-order valence-corrected chi connectivity index (χ4v) is 6.58. The fourth-order valence-electron chi connectivity index (χ4n) is 6.58. The first-order valence-corrected chi connectivity index (χ1v) is 16.0. The van der Waals surface area contributed by atoms with Crippen LogP contribution in [0.15, 0.2) is 48.7 Å². The number of anilines is 3. The van der Waals surface area contributed by atoms with E-state index in [0.717, 1.165) is 61.4 Å². The largest absolute Gasteiger partial charge is 0.467 e. The first-order chi connectivity index (χ1) is 22.2. The number of piperidine rings is 1. The number of methoxy groups -OCH3 is 1. The van der Waals surface area contributed by atoms with E-state index in [0.29, 0.717) is 42.4 Å². The van der Waals surface area contributed by atoms with Gasteiger partial charge in [0.1, 0.15) is 17.0 Å². The normalized spacial score (nSPS) is 19.9. The molecule has 5 heterocycles. The number of nitrogen functional groups attached to an aromatic ring is 1. The van der Waals surface area contributed by atoms with Gasteiger partial charge in [-0.3, -0.25) is 0 Å². The second-order valence-electron chi connectivity index (χ2n) is 13.2. The van der Waals surface area contributed by atoms with Gasteiger partial charge in [-0.2, -0.15) is 0 Å². The van der Waals surface area contributed by atoms with Crippen LogP contribution < -0.4 is 20.3 Å². The lowest BCUT2D eigenvalue weighted by Crippen LogP contribution is -2.54. The second-order valence-corrected chi connectivity index (χ2v) is 13.2. The monoisotopic (exact) mass is 625 g/mol. The summed E-state index contributed by atoms with van der Waals surface area (Å²) in [6.07, 6.45) is 5.47. The van der Waals surface area contributed by atoms with E-state index in [1.807, 2.05) is 57.3 Å². The highest BCUT2D eigenvalue weighted by atomic mass is 16.7. The number of para-hydroxylation sites is 1. The van der Waals surface area contributed by atoms with Crippen molar-refractivity contribution < 1.29 is 19.0 Å². The summed E-state index contributed by atoms with van der Waals surface area (Å²) in [5.74, 6) is 8.08. The Kier molecular flexibility index (Phi) is 9.17. The molecule has 242 valence electrons. The number of aromatic nitrogens is 3. The molecule has 1 aromatic carbocycles. The van der Waals surface area contributed by atoms with Crippen LogP contribution in [0.2, 0.25) is 0 Å². The maximum absolute atomic E-state index is 12.4. The smallest absolute Gasteiger partial charge is 0.410 e. The molecule has 2 aromatic heterocycles. The van der Waals surface area contributed by atoms with Gasteiger partial charge < -0.3 is 34.6 Å². The number of hydrogen-bond donors (Lipinski definition) is 1. The third-order valence-corrected chi connectivity index (χ3v) is 8.71. The Bertz CT molecular complexity index is 1590. The van der Waals surface area contributed by atoms with Crippen LogP contribution in [0.5, 0.6) is 5.75 Å².